The first-order chi connectivity index (χ1) is 13.6. The molecule has 2 aromatic rings. The highest BCUT2D eigenvalue weighted by molar-refractivity contribution is 8.11. The molecule has 0 aliphatic heterocycles. The number of hydrazone groups is 1. The quantitative estimate of drug-likeness (QED) is 0.262. The van der Waals surface area contributed by atoms with Crippen molar-refractivity contribution in [3.05, 3.63) is 59.7 Å². The molecule has 0 bridgehead atoms. The van der Waals surface area contributed by atoms with E-state index in [9.17, 15) is 13.2 Å². The third-order valence-corrected chi connectivity index (χ3v) is 5.75. The predicted molar refractivity (Wildman–Crippen MR) is 119 cm³/mol. The second kappa shape index (κ2) is 9.65. The average Bonchev–Trinajstić information content (AvgIpc) is 2.67. The Morgan fingerprint density at radius 3 is 2.28 bits per heavy atom. The Morgan fingerprint density at radius 1 is 1.17 bits per heavy atom. The van der Waals surface area contributed by atoms with Crippen LogP contribution in [0.25, 0.3) is 0 Å². The van der Waals surface area contributed by atoms with Crippen LogP contribution in [0.3, 0.4) is 0 Å². The molecule has 2 N–H and O–H groups in total. The first kappa shape index (κ1) is 22.5. The van der Waals surface area contributed by atoms with Crippen molar-refractivity contribution in [1.82, 2.24) is 5.43 Å². The molecule has 0 aromatic heterocycles. The molecule has 0 aliphatic rings. The topological polar surface area (TPSA) is 111 Å². The number of nitrogens with one attached hydrogen (secondary N) is 2. The van der Waals surface area contributed by atoms with Crippen LogP contribution in [0.5, 0.6) is 0 Å². The van der Waals surface area contributed by atoms with E-state index in [1.54, 1.807) is 49.4 Å². The van der Waals surface area contributed by atoms with E-state index in [0.717, 1.165) is 5.56 Å². The summed E-state index contributed by atoms with van der Waals surface area (Å²) in [6, 6.07) is 14.8. The highest BCUT2D eigenvalue weighted by Crippen LogP contribution is 2.17. The monoisotopic (exact) mass is 446 g/mol. The summed E-state index contributed by atoms with van der Waals surface area (Å²) >= 11 is 8.59. The Morgan fingerprint density at radius 2 is 1.76 bits per heavy atom. The Bertz CT molecular complexity index is 1090. The zero-order chi connectivity index (χ0) is 21.6. The van der Waals surface area contributed by atoms with Crippen molar-refractivity contribution in [3.8, 4) is 6.07 Å². The lowest BCUT2D eigenvalue weighted by molar-refractivity contribution is -0.121. The average molecular weight is 447 g/mol. The van der Waals surface area contributed by atoms with E-state index < -0.39 is 21.8 Å². The van der Waals surface area contributed by atoms with Crippen LogP contribution in [0.15, 0.2) is 58.5 Å². The second-order valence-corrected chi connectivity index (χ2v) is 8.98. The van der Waals surface area contributed by atoms with Crippen molar-refractivity contribution in [3.63, 3.8) is 0 Å². The molecule has 150 valence electrons. The molecule has 2 aromatic carbocycles. The van der Waals surface area contributed by atoms with E-state index in [-0.39, 0.29) is 9.09 Å². The number of hydrogen-bond acceptors (Lipinski definition) is 6. The van der Waals surface area contributed by atoms with E-state index in [2.05, 4.69) is 27.9 Å². The number of nitrogens with zero attached hydrogens (tertiary/aromatic N) is 2. The first-order valence-electron chi connectivity index (χ1n) is 8.30. The minimum Gasteiger partial charge on any atom is -0.280 e. The van der Waals surface area contributed by atoms with Crippen molar-refractivity contribution < 1.29 is 13.2 Å². The molecule has 0 heterocycles. The molecule has 10 heteroatoms. The SMILES string of the molecule is C/C(=N/NC(=O)C(C#N)C(=S)S)c1ccc(NS(=O)(=O)c2ccc(C)cc2)cc1. The van der Waals surface area contributed by atoms with Gasteiger partial charge in [0.15, 0.2) is 5.92 Å². The van der Waals surface area contributed by atoms with Gasteiger partial charge in [0.05, 0.1) is 20.9 Å². The summed E-state index contributed by atoms with van der Waals surface area (Å²) in [6.07, 6.45) is 0. The van der Waals surface area contributed by atoms with Gasteiger partial charge in [-0.05, 0) is 43.7 Å². The van der Waals surface area contributed by atoms with Crippen LogP contribution in [0.1, 0.15) is 18.1 Å². The van der Waals surface area contributed by atoms with Gasteiger partial charge in [-0.1, -0.05) is 42.0 Å². The predicted octanol–water partition coefficient (Wildman–Crippen LogP) is 3.03. The second-order valence-electron chi connectivity index (χ2n) is 6.07. The Hall–Kier alpha value is -2.74. The van der Waals surface area contributed by atoms with Gasteiger partial charge in [0.1, 0.15) is 0 Å². The molecule has 0 fully saturated rings. The minimum absolute atomic E-state index is 0.0388. The van der Waals surface area contributed by atoms with Crippen molar-refractivity contribution in [2.75, 3.05) is 4.72 Å². The smallest absolute Gasteiger partial charge is 0.263 e. The molecule has 29 heavy (non-hydrogen) atoms. The maximum atomic E-state index is 12.4. The molecule has 1 atom stereocenters. The number of carbonyl (C=O) groups excluding carboxylic acids is 1. The standard InChI is InChI=1S/C19H18N4O3S3/c1-12-3-9-16(10-4-12)29(25,26)23-15-7-5-14(6-8-15)13(2)21-22-18(24)17(11-20)19(27)28/h3-10,17,23H,1-2H3,(H,22,24)(H,27,28)/b21-13-. The number of amides is 1. The largest absolute Gasteiger partial charge is 0.280 e. The van der Waals surface area contributed by atoms with Crippen molar-refractivity contribution >= 4 is 56.4 Å². The highest BCUT2D eigenvalue weighted by Gasteiger charge is 2.20. The molecule has 0 saturated heterocycles. The fraction of sp³-hybridized carbons (Fsp3) is 0.158. The normalized spacial score (nSPS) is 12.6. The molecule has 2 rings (SSSR count). The van der Waals surface area contributed by atoms with Gasteiger partial charge >= 0.3 is 0 Å². The maximum Gasteiger partial charge on any atom is 0.263 e. The van der Waals surface area contributed by atoms with E-state index in [1.165, 1.54) is 12.1 Å². The molecule has 1 amide bonds. The number of aryl methyl sites for hydroxylation is 1. The summed E-state index contributed by atoms with van der Waals surface area (Å²) in [5.41, 5.74) is 4.75. The number of thiocarbonyl (C=S) groups is 1. The van der Waals surface area contributed by atoms with Crippen LogP contribution in [0.2, 0.25) is 0 Å². The lowest BCUT2D eigenvalue weighted by Crippen LogP contribution is -2.29. The molecule has 0 saturated carbocycles. The third-order valence-electron chi connectivity index (χ3n) is 3.86. The van der Waals surface area contributed by atoms with Crippen LogP contribution in [0, 0.1) is 24.2 Å². The number of hydrogen-bond donors (Lipinski definition) is 3. The van der Waals surface area contributed by atoms with E-state index in [4.69, 9.17) is 17.5 Å². The summed E-state index contributed by atoms with van der Waals surface area (Å²) in [4.78, 5) is 12.0. The lowest BCUT2D eigenvalue weighted by Gasteiger charge is -2.09. The van der Waals surface area contributed by atoms with Gasteiger partial charge in [-0.25, -0.2) is 13.8 Å². The summed E-state index contributed by atoms with van der Waals surface area (Å²) in [5, 5.41) is 12.9. The van der Waals surface area contributed by atoms with E-state index in [0.29, 0.717) is 17.0 Å². The zero-order valence-corrected chi connectivity index (χ0v) is 18.1. The number of thiol groups is 1. The van der Waals surface area contributed by atoms with Crippen LogP contribution in [-0.4, -0.2) is 24.2 Å². The lowest BCUT2D eigenvalue weighted by atomic mass is 10.1. The molecule has 0 spiro atoms. The van der Waals surface area contributed by atoms with Crippen LogP contribution in [0.4, 0.5) is 5.69 Å². The van der Waals surface area contributed by atoms with Crippen molar-refractivity contribution in [1.29, 1.82) is 5.26 Å². The molecule has 7 nitrogen and oxygen atoms in total. The number of sulfonamides is 1. The van der Waals surface area contributed by atoms with Gasteiger partial charge in [0, 0.05) is 5.69 Å². The van der Waals surface area contributed by atoms with Gasteiger partial charge in [0.25, 0.3) is 15.9 Å². The number of benzene rings is 2. The first-order valence-corrected chi connectivity index (χ1v) is 10.6. The third kappa shape index (κ3) is 6.12. The number of nitriles is 1. The fourth-order valence-electron chi connectivity index (χ4n) is 2.21. The number of rotatable bonds is 7. The minimum atomic E-state index is -3.69. The summed E-state index contributed by atoms with van der Waals surface area (Å²) in [7, 11) is -3.69. The van der Waals surface area contributed by atoms with Crippen LogP contribution < -0.4 is 10.1 Å². The van der Waals surface area contributed by atoms with Gasteiger partial charge in [-0.15, -0.1) is 12.6 Å². The van der Waals surface area contributed by atoms with Crippen LogP contribution >= 0.6 is 24.8 Å². The van der Waals surface area contributed by atoms with E-state index >= 15 is 0 Å². The van der Waals surface area contributed by atoms with Gasteiger partial charge < -0.3 is 0 Å². The Labute approximate surface area is 180 Å². The maximum absolute atomic E-state index is 12.4. The molecular formula is C19H18N4O3S3. The molecule has 1 unspecified atom stereocenters. The Kier molecular flexibility index (Phi) is 7.50. The van der Waals surface area contributed by atoms with Crippen LogP contribution in [-0.2, 0) is 14.8 Å². The van der Waals surface area contributed by atoms with Gasteiger partial charge in [-0.2, -0.15) is 10.4 Å². The van der Waals surface area contributed by atoms with E-state index in [1.807, 2.05) is 6.92 Å². The van der Waals surface area contributed by atoms with Gasteiger partial charge in [0.2, 0.25) is 0 Å². The van der Waals surface area contributed by atoms with Crippen molar-refractivity contribution in [2.24, 2.45) is 11.0 Å². The summed E-state index contributed by atoms with van der Waals surface area (Å²) < 4.78 is 27.3. The summed E-state index contributed by atoms with van der Waals surface area (Å²) in [5.74, 6) is -1.85. The number of anilines is 1. The zero-order valence-electron chi connectivity index (χ0n) is 15.6. The summed E-state index contributed by atoms with van der Waals surface area (Å²) in [6.45, 7) is 3.54. The highest BCUT2D eigenvalue weighted by atomic mass is 32.2. The van der Waals surface area contributed by atoms with Gasteiger partial charge in [-0.3, -0.25) is 9.52 Å². The molecule has 0 aliphatic carbocycles. The van der Waals surface area contributed by atoms with Crippen molar-refractivity contribution in [2.45, 2.75) is 18.7 Å². The fourth-order valence-corrected chi connectivity index (χ4v) is 3.60. The number of carbonyl (C=O) groups is 1. The molecule has 0 radical (unpaired) electrons. The molecular weight excluding hydrogens is 428 g/mol. The Balaban J connectivity index is 2.09.